The van der Waals surface area contributed by atoms with Crippen molar-refractivity contribution in [3.05, 3.63) is 30.5 Å². The van der Waals surface area contributed by atoms with E-state index in [4.69, 9.17) is 4.74 Å². The zero-order chi connectivity index (χ0) is 15.4. The largest absolute Gasteiger partial charge is 0.490 e. The molecular weight excluding hydrogens is 264 g/mol. The molecule has 0 radical (unpaired) electrons. The fourth-order valence-electron chi connectivity index (χ4n) is 2.51. The van der Waals surface area contributed by atoms with Gasteiger partial charge in [0.15, 0.2) is 0 Å². The molecule has 0 spiro atoms. The second-order valence-corrected chi connectivity index (χ2v) is 5.37. The van der Waals surface area contributed by atoms with Crippen molar-refractivity contribution in [3.63, 3.8) is 0 Å². The minimum absolute atomic E-state index is 0.135. The first-order valence-electron chi connectivity index (χ1n) is 7.59. The summed E-state index contributed by atoms with van der Waals surface area (Å²) in [7, 11) is 0. The number of benzene rings is 1. The number of carbonyl (C=O) groups is 1. The highest BCUT2D eigenvalue weighted by atomic mass is 16.5. The van der Waals surface area contributed by atoms with Crippen LogP contribution in [0.2, 0.25) is 0 Å². The van der Waals surface area contributed by atoms with Crippen molar-refractivity contribution in [1.29, 1.82) is 0 Å². The van der Waals surface area contributed by atoms with Crippen LogP contribution in [0.3, 0.4) is 0 Å². The van der Waals surface area contributed by atoms with E-state index in [9.17, 15) is 4.79 Å². The topological polar surface area (TPSA) is 34.5 Å². The van der Waals surface area contributed by atoms with Crippen LogP contribution in [0.15, 0.2) is 30.5 Å². The molecule has 1 heterocycles. The van der Waals surface area contributed by atoms with E-state index < -0.39 is 0 Å². The second-order valence-electron chi connectivity index (χ2n) is 5.37. The van der Waals surface area contributed by atoms with Gasteiger partial charge in [-0.3, -0.25) is 4.79 Å². The lowest BCUT2D eigenvalue weighted by Crippen LogP contribution is -2.33. The normalized spacial score (nSPS) is 11.1. The minimum atomic E-state index is 0.135. The Labute approximate surface area is 126 Å². The van der Waals surface area contributed by atoms with E-state index in [2.05, 4.69) is 0 Å². The monoisotopic (exact) mass is 288 g/mol. The van der Waals surface area contributed by atoms with Crippen LogP contribution in [0.4, 0.5) is 0 Å². The SMILES string of the molecule is CCN(CC)C(=O)Cn1ccc2c(OC(C)C)cccc21. The fraction of sp³-hybridized carbons (Fsp3) is 0.471. The van der Waals surface area contributed by atoms with E-state index in [1.165, 1.54) is 0 Å². The molecule has 0 unspecified atom stereocenters. The fourth-order valence-corrected chi connectivity index (χ4v) is 2.51. The van der Waals surface area contributed by atoms with E-state index in [0.29, 0.717) is 6.54 Å². The van der Waals surface area contributed by atoms with Gasteiger partial charge in [0.2, 0.25) is 5.91 Å². The number of fused-ring (bicyclic) bond motifs is 1. The summed E-state index contributed by atoms with van der Waals surface area (Å²) in [6.45, 7) is 9.90. The van der Waals surface area contributed by atoms with Gasteiger partial charge in [-0.15, -0.1) is 0 Å². The summed E-state index contributed by atoms with van der Waals surface area (Å²) in [5, 5.41) is 1.05. The second kappa shape index (κ2) is 6.66. The lowest BCUT2D eigenvalue weighted by atomic mass is 10.2. The Bertz CT molecular complexity index is 612. The van der Waals surface area contributed by atoms with Crippen LogP contribution < -0.4 is 4.74 Å². The first-order chi connectivity index (χ1) is 10.1. The zero-order valence-electron chi connectivity index (χ0n) is 13.3. The predicted octanol–water partition coefficient (Wildman–Crippen LogP) is 3.30. The van der Waals surface area contributed by atoms with E-state index >= 15 is 0 Å². The van der Waals surface area contributed by atoms with Crippen LogP contribution in [-0.4, -0.2) is 34.6 Å². The number of ether oxygens (including phenoxy) is 1. The third-order valence-corrected chi connectivity index (χ3v) is 3.56. The molecule has 0 fully saturated rings. The highest BCUT2D eigenvalue weighted by Gasteiger charge is 2.13. The number of nitrogens with zero attached hydrogens (tertiary/aromatic N) is 2. The number of rotatable bonds is 6. The number of amides is 1. The summed E-state index contributed by atoms with van der Waals surface area (Å²) in [6, 6.07) is 7.98. The maximum absolute atomic E-state index is 12.3. The van der Waals surface area contributed by atoms with Gasteiger partial charge in [0.1, 0.15) is 12.3 Å². The maximum atomic E-state index is 12.3. The van der Waals surface area contributed by atoms with Gasteiger partial charge in [0.05, 0.1) is 11.6 Å². The summed E-state index contributed by atoms with van der Waals surface area (Å²) in [6.07, 6.45) is 2.09. The number of likely N-dealkylation sites (N-methyl/N-ethyl adjacent to an activating group) is 1. The van der Waals surface area contributed by atoms with Gasteiger partial charge < -0.3 is 14.2 Å². The average molecular weight is 288 g/mol. The Morgan fingerprint density at radius 3 is 2.57 bits per heavy atom. The third kappa shape index (κ3) is 3.38. The van der Waals surface area contributed by atoms with Crippen molar-refractivity contribution in [3.8, 4) is 5.75 Å². The molecule has 114 valence electrons. The molecule has 1 aromatic carbocycles. The average Bonchev–Trinajstić information content (AvgIpc) is 2.84. The summed E-state index contributed by atoms with van der Waals surface area (Å²) in [5.74, 6) is 1.02. The van der Waals surface area contributed by atoms with E-state index in [-0.39, 0.29) is 12.0 Å². The Morgan fingerprint density at radius 1 is 1.24 bits per heavy atom. The van der Waals surface area contributed by atoms with Crippen LogP contribution >= 0.6 is 0 Å². The Kier molecular flexibility index (Phi) is 4.89. The summed E-state index contributed by atoms with van der Waals surface area (Å²) in [4.78, 5) is 14.1. The lowest BCUT2D eigenvalue weighted by molar-refractivity contribution is -0.131. The third-order valence-electron chi connectivity index (χ3n) is 3.56. The molecular formula is C17H24N2O2. The van der Waals surface area contributed by atoms with E-state index in [1.54, 1.807) is 0 Å². The summed E-state index contributed by atoms with van der Waals surface area (Å²) < 4.78 is 7.82. The van der Waals surface area contributed by atoms with E-state index in [1.807, 2.05) is 67.6 Å². The van der Waals surface area contributed by atoms with Crippen molar-refractivity contribution in [2.75, 3.05) is 13.1 Å². The molecule has 0 atom stereocenters. The quantitative estimate of drug-likeness (QED) is 0.817. The van der Waals surface area contributed by atoms with Crippen molar-refractivity contribution < 1.29 is 9.53 Å². The highest BCUT2D eigenvalue weighted by molar-refractivity contribution is 5.88. The predicted molar refractivity (Wildman–Crippen MR) is 85.6 cm³/mol. The molecule has 0 N–H and O–H groups in total. The van der Waals surface area contributed by atoms with Crippen molar-refractivity contribution in [2.24, 2.45) is 0 Å². The van der Waals surface area contributed by atoms with Gasteiger partial charge in [-0.25, -0.2) is 0 Å². The van der Waals surface area contributed by atoms with Crippen LogP contribution in [0.25, 0.3) is 10.9 Å². The van der Waals surface area contributed by atoms with Gasteiger partial charge in [-0.2, -0.15) is 0 Å². The molecule has 1 amide bonds. The summed E-state index contributed by atoms with van der Waals surface area (Å²) >= 11 is 0. The van der Waals surface area contributed by atoms with Crippen LogP contribution in [0.1, 0.15) is 27.7 Å². The Morgan fingerprint density at radius 2 is 1.95 bits per heavy atom. The molecule has 4 heteroatoms. The summed E-state index contributed by atoms with van der Waals surface area (Å²) in [5.41, 5.74) is 1.04. The van der Waals surface area contributed by atoms with Crippen LogP contribution in [0, 0.1) is 0 Å². The molecule has 2 rings (SSSR count). The van der Waals surface area contributed by atoms with E-state index in [0.717, 1.165) is 29.7 Å². The molecule has 0 aliphatic rings. The van der Waals surface area contributed by atoms with Gasteiger partial charge in [-0.1, -0.05) is 6.07 Å². The number of hydrogen-bond donors (Lipinski definition) is 0. The Balaban J connectivity index is 2.28. The molecule has 0 aliphatic heterocycles. The molecule has 0 saturated carbocycles. The van der Waals surface area contributed by atoms with Gasteiger partial charge in [-0.05, 0) is 45.9 Å². The maximum Gasteiger partial charge on any atom is 0.242 e. The van der Waals surface area contributed by atoms with Gasteiger partial charge in [0.25, 0.3) is 0 Å². The Hall–Kier alpha value is -1.97. The number of aromatic nitrogens is 1. The highest BCUT2D eigenvalue weighted by Crippen LogP contribution is 2.27. The first kappa shape index (κ1) is 15.4. The van der Waals surface area contributed by atoms with Crippen LogP contribution in [0.5, 0.6) is 5.75 Å². The van der Waals surface area contributed by atoms with Gasteiger partial charge >= 0.3 is 0 Å². The molecule has 21 heavy (non-hydrogen) atoms. The molecule has 1 aromatic heterocycles. The first-order valence-corrected chi connectivity index (χ1v) is 7.59. The zero-order valence-corrected chi connectivity index (χ0v) is 13.3. The van der Waals surface area contributed by atoms with Crippen molar-refractivity contribution >= 4 is 16.8 Å². The smallest absolute Gasteiger partial charge is 0.242 e. The minimum Gasteiger partial charge on any atom is -0.490 e. The number of carbonyl (C=O) groups excluding carboxylic acids is 1. The molecule has 0 saturated heterocycles. The molecule has 0 bridgehead atoms. The number of hydrogen-bond acceptors (Lipinski definition) is 2. The van der Waals surface area contributed by atoms with Crippen molar-refractivity contribution in [2.45, 2.75) is 40.3 Å². The van der Waals surface area contributed by atoms with Gasteiger partial charge in [0, 0.05) is 24.7 Å². The molecule has 0 aliphatic carbocycles. The lowest BCUT2D eigenvalue weighted by Gasteiger charge is -2.19. The molecule has 4 nitrogen and oxygen atoms in total. The van der Waals surface area contributed by atoms with Crippen LogP contribution in [-0.2, 0) is 11.3 Å². The molecule has 2 aromatic rings. The van der Waals surface area contributed by atoms with Crippen molar-refractivity contribution in [1.82, 2.24) is 9.47 Å². The standard InChI is InChI=1S/C17H24N2O2/c1-5-18(6-2)17(20)12-19-11-10-14-15(19)8-7-9-16(14)21-13(3)4/h7-11,13H,5-6,12H2,1-4H3.